The number of anilines is 1. The van der Waals surface area contributed by atoms with Gasteiger partial charge in [-0.1, -0.05) is 81.8 Å². The van der Waals surface area contributed by atoms with Crippen molar-refractivity contribution >= 4 is 82.5 Å². The van der Waals surface area contributed by atoms with Crippen molar-refractivity contribution in [2.45, 2.75) is 70.6 Å². The second-order valence-electron chi connectivity index (χ2n) is 17.0. The molecule has 3 aliphatic heterocycles. The summed E-state index contributed by atoms with van der Waals surface area (Å²) in [6, 6.07) is 11.6. The Hall–Kier alpha value is -5.35. The molecule has 0 fully saturated rings. The number of nitrogens with one attached hydrogen (secondary N) is 1. The topological polar surface area (TPSA) is 258 Å². The third-order valence-corrected chi connectivity index (χ3v) is 14.2. The number of hydrogen-bond donors (Lipinski definition) is 4. The van der Waals surface area contributed by atoms with Gasteiger partial charge in [-0.15, -0.1) is 0 Å². The van der Waals surface area contributed by atoms with Gasteiger partial charge in [0.15, 0.2) is 5.84 Å². The Balaban J connectivity index is 1.57. The Morgan fingerprint density at radius 1 is 0.881 bits per heavy atom. The molecule has 0 atom stereocenters. The summed E-state index contributed by atoms with van der Waals surface area (Å²) in [5.74, 6) is -1.84. The largest absolute Gasteiger partial charge is 0.354 e. The molecule has 2 aromatic carbocycles. The predicted molar refractivity (Wildman–Crippen MR) is 259 cm³/mol. The van der Waals surface area contributed by atoms with Crippen LogP contribution in [0.2, 0.25) is 0 Å². The van der Waals surface area contributed by atoms with Crippen LogP contribution < -0.4 is 10.2 Å². The molecule has 0 aliphatic carbocycles. The number of imide groups is 1. The van der Waals surface area contributed by atoms with Gasteiger partial charge in [0, 0.05) is 77.6 Å². The fourth-order valence-corrected chi connectivity index (χ4v) is 9.36. The summed E-state index contributed by atoms with van der Waals surface area (Å²) < 4.78 is 99.5. The number of carbonyl (C=O) groups excluding carboxylic acids is 3. The highest BCUT2D eigenvalue weighted by molar-refractivity contribution is 7.86. The molecule has 4 N–H and O–H groups in total. The number of benzene rings is 2. The fraction of sp³-hybridized carbons (Fsp3) is 0.370. The van der Waals surface area contributed by atoms with Gasteiger partial charge in [-0.3, -0.25) is 37.9 Å². The molecule has 17 nitrogen and oxygen atoms in total. The average Bonchev–Trinajstić information content (AvgIpc) is 3.76. The maximum atomic E-state index is 12.9. The highest BCUT2D eigenvalue weighted by Gasteiger charge is 2.41. The zero-order valence-corrected chi connectivity index (χ0v) is 40.8. The number of aliphatic imine (C=N–C) groups is 2. The number of allylic oxidation sites excluding steroid dienone is 9. The number of amides is 3. The number of amidine groups is 1. The summed E-state index contributed by atoms with van der Waals surface area (Å²) >= 11 is 6.48. The Morgan fingerprint density at radius 3 is 2.19 bits per heavy atom. The SMILES string of the molecule is C\C=C(Cl)/C=C1\C(=N\CCCS(=O)(=O)O)N=C(/C=C/C(=C/C=C2/N(CCCS(=O)(=O)O)c3ccc(S(=O)(=O)O)cc3C2(C)C)c2cccc(CCC(=O)NCCN3C(=O)C=CC3=O)c2)C1(C)C. The average molecular weight is 1000 g/mol. The van der Waals surface area contributed by atoms with Gasteiger partial charge in [-0.05, 0) is 84.9 Å². The highest BCUT2D eigenvalue weighted by atomic mass is 35.5. The summed E-state index contributed by atoms with van der Waals surface area (Å²) in [7, 11) is -13.1. The van der Waals surface area contributed by atoms with E-state index < -0.39 is 64.5 Å². The number of halogens is 1. The van der Waals surface area contributed by atoms with Crippen molar-refractivity contribution in [3.8, 4) is 0 Å². The first kappa shape index (κ1) is 52.6. The Labute approximate surface area is 396 Å². The van der Waals surface area contributed by atoms with Crippen molar-refractivity contribution in [2.24, 2.45) is 15.4 Å². The number of hydrogen-bond acceptors (Lipinski definition) is 11. The molecule has 3 heterocycles. The number of nitrogens with zero attached hydrogens (tertiary/aromatic N) is 4. The molecular weight excluding hydrogens is 946 g/mol. The van der Waals surface area contributed by atoms with Gasteiger partial charge in [-0.2, -0.15) is 25.3 Å². The van der Waals surface area contributed by atoms with Crippen LogP contribution >= 0.6 is 11.6 Å². The van der Waals surface area contributed by atoms with Crippen LogP contribution in [0, 0.1) is 5.41 Å². The lowest BCUT2D eigenvalue weighted by Crippen LogP contribution is -2.38. The van der Waals surface area contributed by atoms with E-state index >= 15 is 0 Å². The van der Waals surface area contributed by atoms with Gasteiger partial charge in [-0.25, -0.2) is 4.99 Å². The van der Waals surface area contributed by atoms with Crippen molar-refractivity contribution in [3.05, 3.63) is 124 Å². The molecule has 0 aromatic heterocycles. The van der Waals surface area contributed by atoms with E-state index in [1.807, 2.05) is 81.2 Å². The van der Waals surface area contributed by atoms with E-state index in [1.165, 1.54) is 30.4 Å². The molecule has 0 spiro atoms. The fourth-order valence-electron chi connectivity index (χ4n) is 7.75. The van der Waals surface area contributed by atoms with Gasteiger partial charge >= 0.3 is 0 Å². The van der Waals surface area contributed by atoms with E-state index in [1.54, 1.807) is 19.1 Å². The zero-order valence-electron chi connectivity index (χ0n) is 37.6. The second-order valence-corrected chi connectivity index (χ2v) is 22.0. The summed E-state index contributed by atoms with van der Waals surface area (Å²) in [6.45, 7) is 9.64. The minimum atomic E-state index is -4.58. The minimum Gasteiger partial charge on any atom is -0.354 e. The van der Waals surface area contributed by atoms with Gasteiger partial charge in [0.2, 0.25) is 5.91 Å². The lowest BCUT2D eigenvalue weighted by Gasteiger charge is -2.27. The van der Waals surface area contributed by atoms with Gasteiger partial charge < -0.3 is 10.2 Å². The number of aryl methyl sites for hydroxylation is 1. The van der Waals surface area contributed by atoms with Crippen LogP contribution in [0.15, 0.2) is 122 Å². The Morgan fingerprint density at radius 2 is 1.55 bits per heavy atom. The molecule has 0 unspecified atom stereocenters. The molecule has 360 valence electrons. The third kappa shape index (κ3) is 13.9. The molecule has 67 heavy (non-hydrogen) atoms. The molecule has 21 heteroatoms. The van der Waals surface area contributed by atoms with E-state index in [0.717, 1.165) is 10.5 Å². The van der Waals surface area contributed by atoms with E-state index in [9.17, 15) is 53.3 Å². The van der Waals surface area contributed by atoms with Crippen molar-refractivity contribution in [1.29, 1.82) is 0 Å². The summed E-state index contributed by atoms with van der Waals surface area (Å²) in [6.07, 6.45) is 13.6. The van der Waals surface area contributed by atoms with Gasteiger partial charge in [0.05, 0.1) is 22.1 Å². The zero-order chi connectivity index (χ0) is 49.5. The van der Waals surface area contributed by atoms with Crippen LogP contribution in [0.1, 0.15) is 70.6 Å². The molecule has 0 bridgehead atoms. The standard InChI is InChI=1S/C46H54ClN5O12S3/c1-6-34(47)29-37-44(49-22-8-26-65(56,57)58)50-39(45(37,2)3)17-13-32(33-11-7-10-31(28-33)12-19-41(53)48-23-25-52-42(54)20-21-43(52)55)14-18-40-46(4,5)36-30-35(67(62,63)64)15-16-38(36)51(40)24-9-27-66(59,60)61/h6-7,10-11,13-18,20-21,28-30H,8-9,12,19,22-27H2,1-5H3,(H,48,53)(H,56,57,58)(H,59,60,61)(H,62,63,64)/b17-13+,32-14-,34-6+,37-29+,40-18+,49-44-. The number of carbonyl (C=O) groups is 3. The quantitative estimate of drug-likeness (QED) is 0.0512. The van der Waals surface area contributed by atoms with Gasteiger partial charge in [0.25, 0.3) is 42.2 Å². The van der Waals surface area contributed by atoms with Crippen LogP contribution in [0.3, 0.4) is 0 Å². The maximum Gasteiger partial charge on any atom is 0.294 e. The van der Waals surface area contributed by atoms with E-state index in [0.29, 0.717) is 56.7 Å². The molecule has 0 saturated heterocycles. The van der Waals surface area contributed by atoms with Crippen LogP contribution in [0.4, 0.5) is 5.69 Å². The molecule has 5 rings (SSSR count). The van der Waals surface area contributed by atoms with Crippen molar-refractivity contribution < 1.29 is 53.3 Å². The van der Waals surface area contributed by atoms with Crippen molar-refractivity contribution in [2.75, 3.05) is 42.6 Å². The minimum absolute atomic E-state index is 0.0191. The smallest absolute Gasteiger partial charge is 0.294 e. The normalized spacial score (nSPS) is 19.4. The van der Waals surface area contributed by atoms with E-state index in [-0.39, 0.29) is 56.2 Å². The predicted octanol–water partition coefficient (Wildman–Crippen LogP) is 6.03. The molecule has 3 aliphatic rings. The Kier molecular flexibility index (Phi) is 16.7. The summed E-state index contributed by atoms with van der Waals surface area (Å²) in [4.78, 5) is 48.6. The third-order valence-electron chi connectivity index (χ3n) is 11.4. The van der Waals surface area contributed by atoms with Gasteiger partial charge in [0.1, 0.15) is 0 Å². The maximum absolute atomic E-state index is 12.9. The van der Waals surface area contributed by atoms with Crippen LogP contribution in [0.5, 0.6) is 0 Å². The molecular formula is C46H54ClN5O12S3. The lowest BCUT2D eigenvalue weighted by atomic mass is 9.80. The second kappa shape index (κ2) is 21.3. The molecule has 0 radical (unpaired) electrons. The number of fused-ring (bicyclic) bond motifs is 1. The number of rotatable bonds is 20. The molecule has 0 saturated carbocycles. The summed E-state index contributed by atoms with van der Waals surface area (Å²) in [5, 5.41) is 3.17. The monoisotopic (exact) mass is 999 g/mol. The summed E-state index contributed by atoms with van der Waals surface area (Å²) in [5.41, 5.74) is 3.50. The first-order chi connectivity index (χ1) is 31.2. The van der Waals surface area contributed by atoms with Crippen LogP contribution in [0.25, 0.3) is 5.57 Å². The van der Waals surface area contributed by atoms with Crippen molar-refractivity contribution in [1.82, 2.24) is 10.2 Å². The Bertz CT molecular complexity index is 2890. The molecule has 2 aromatic rings. The first-order valence-corrected chi connectivity index (χ1v) is 26.2. The van der Waals surface area contributed by atoms with E-state index in [4.69, 9.17) is 16.6 Å². The lowest BCUT2D eigenvalue weighted by molar-refractivity contribution is -0.137. The first-order valence-electron chi connectivity index (χ1n) is 21.2. The molecule has 3 amide bonds. The van der Waals surface area contributed by atoms with E-state index in [2.05, 4.69) is 10.3 Å². The van der Waals surface area contributed by atoms with Crippen LogP contribution in [-0.2, 0) is 56.6 Å². The highest BCUT2D eigenvalue weighted by Crippen LogP contribution is 2.49. The van der Waals surface area contributed by atoms with Crippen LogP contribution in [-0.4, -0.2) is 111 Å². The van der Waals surface area contributed by atoms with Crippen molar-refractivity contribution in [3.63, 3.8) is 0 Å².